The topological polar surface area (TPSA) is 167 Å². The number of benzene rings is 4. The molecule has 4 aromatic carbocycles. The number of piperazine rings is 1. The van der Waals surface area contributed by atoms with Crippen LogP contribution < -0.4 is 15.4 Å². The number of nitrogens with zero attached hydrogens (tertiary/aromatic N) is 3. The fraction of sp³-hybridized carbons (Fsp3) is 0.354. The van der Waals surface area contributed by atoms with Gasteiger partial charge in [0.15, 0.2) is 0 Å². The van der Waals surface area contributed by atoms with Crippen LogP contribution in [0.2, 0.25) is 0 Å². The Balaban J connectivity index is 0.771. The highest BCUT2D eigenvalue weighted by Gasteiger charge is 2.45. The number of ether oxygens (including phenoxy) is 3. The Hall–Kier alpha value is -6.06. The van der Waals surface area contributed by atoms with Gasteiger partial charge in [0.2, 0.25) is 17.7 Å². The second-order valence-electron chi connectivity index (χ2n) is 15.4. The molecule has 5 amide bonds. The predicted molar refractivity (Wildman–Crippen MR) is 239 cm³/mol. The molecule has 3 aliphatic heterocycles. The number of aromatic hydroxyl groups is 1. The van der Waals surface area contributed by atoms with Gasteiger partial charge in [0.05, 0.1) is 44.0 Å². The summed E-state index contributed by atoms with van der Waals surface area (Å²) in [5.74, 6) is -0.704. The van der Waals surface area contributed by atoms with Gasteiger partial charge in [-0.25, -0.2) is 0 Å². The van der Waals surface area contributed by atoms with Crippen LogP contribution in [0.3, 0.4) is 0 Å². The molecule has 7 rings (SSSR count). The molecule has 330 valence electrons. The first kappa shape index (κ1) is 45.0. The number of halogens is 1. The largest absolute Gasteiger partial charge is 0.508 e. The Morgan fingerprint density at radius 3 is 2.14 bits per heavy atom. The van der Waals surface area contributed by atoms with Crippen molar-refractivity contribution < 1.29 is 43.3 Å². The lowest BCUT2D eigenvalue weighted by Gasteiger charge is -2.34. The maximum absolute atomic E-state index is 13.3. The third-order valence-corrected chi connectivity index (χ3v) is 11.5. The molecule has 0 aromatic heterocycles. The van der Waals surface area contributed by atoms with Gasteiger partial charge in [0, 0.05) is 57.3 Å². The smallest absolute Gasteiger partial charge is 0.264 e. The lowest BCUT2D eigenvalue weighted by molar-refractivity contribution is -0.136. The monoisotopic (exact) mass is 877 g/mol. The fourth-order valence-corrected chi connectivity index (χ4v) is 8.27. The Bertz CT molecular complexity index is 2280. The van der Waals surface area contributed by atoms with Crippen molar-refractivity contribution >= 4 is 58.0 Å². The van der Waals surface area contributed by atoms with Crippen molar-refractivity contribution in [2.75, 3.05) is 83.5 Å². The standard InChI is InChI=1S/C48H52ClN5O9/c49-21-19-38(33-5-2-1-3-6-33)44(34-9-13-36(55)14-10-34)35-11-15-37(16-12-35)63-30-27-52-23-25-53(26-24-52)43(57)20-28-61-31-32-62-29-22-50-40-8-4-7-39-45(40)48(60)54(47(39)59)41-17-18-42(56)51-46(41)58/h1-16,41,50,55H,17-32H2,(H,51,56,58). The maximum Gasteiger partial charge on any atom is 0.264 e. The molecular weight excluding hydrogens is 826 g/mol. The number of fused-ring (bicyclic) bond motifs is 1. The minimum absolute atomic E-state index is 0.0536. The third kappa shape index (κ3) is 11.3. The molecule has 3 aliphatic rings. The molecule has 0 saturated carbocycles. The van der Waals surface area contributed by atoms with Gasteiger partial charge < -0.3 is 29.5 Å². The zero-order valence-electron chi connectivity index (χ0n) is 35.1. The summed E-state index contributed by atoms with van der Waals surface area (Å²) in [4.78, 5) is 68.3. The van der Waals surface area contributed by atoms with Crippen LogP contribution in [-0.2, 0) is 23.9 Å². The zero-order valence-corrected chi connectivity index (χ0v) is 35.8. The van der Waals surface area contributed by atoms with Crippen LogP contribution in [0.1, 0.15) is 63.1 Å². The van der Waals surface area contributed by atoms with Crippen LogP contribution in [0.25, 0.3) is 11.1 Å². The first-order valence-electron chi connectivity index (χ1n) is 21.3. The molecule has 0 spiro atoms. The van der Waals surface area contributed by atoms with E-state index in [0.717, 1.165) is 58.1 Å². The number of hydrogen-bond acceptors (Lipinski definition) is 11. The average molecular weight is 878 g/mol. The molecule has 0 radical (unpaired) electrons. The van der Waals surface area contributed by atoms with Crippen molar-refractivity contribution in [2.24, 2.45) is 0 Å². The molecule has 63 heavy (non-hydrogen) atoms. The summed E-state index contributed by atoms with van der Waals surface area (Å²) in [6, 6.07) is 29.4. The van der Waals surface area contributed by atoms with Gasteiger partial charge in [0.1, 0.15) is 24.1 Å². The molecule has 2 fully saturated rings. The van der Waals surface area contributed by atoms with Crippen molar-refractivity contribution in [1.82, 2.24) is 20.0 Å². The number of anilines is 1. The second-order valence-corrected chi connectivity index (χ2v) is 15.8. The van der Waals surface area contributed by atoms with E-state index >= 15 is 0 Å². The first-order chi connectivity index (χ1) is 30.7. The summed E-state index contributed by atoms with van der Waals surface area (Å²) in [6.45, 7) is 5.63. The van der Waals surface area contributed by atoms with Crippen LogP contribution in [0.4, 0.5) is 5.69 Å². The summed E-state index contributed by atoms with van der Waals surface area (Å²) in [5, 5.41) is 15.3. The normalized spacial score (nSPS) is 17.1. The zero-order chi connectivity index (χ0) is 44.1. The third-order valence-electron chi connectivity index (χ3n) is 11.3. The van der Waals surface area contributed by atoms with E-state index in [2.05, 4.69) is 39.8 Å². The van der Waals surface area contributed by atoms with Gasteiger partial charge in [-0.3, -0.25) is 39.1 Å². The van der Waals surface area contributed by atoms with Crippen molar-refractivity contribution in [3.8, 4) is 11.5 Å². The molecule has 1 atom stereocenters. The van der Waals surface area contributed by atoms with E-state index < -0.39 is 29.7 Å². The molecular formula is C48H52ClN5O9. The van der Waals surface area contributed by atoms with Gasteiger partial charge in [-0.2, -0.15) is 0 Å². The number of carbonyl (C=O) groups excluding carboxylic acids is 5. The quantitative estimate of drug-likeness (QED) is 0.0448. The first-order valence-corrected chi connectivity index (χ1v) is 21.9. The lowest BCUT2D eigenvalue weighted by atomic mass is 9.88. The molecule has 2 saturated heterocycles. The number of alkyl halides is 1. The maximum atomic E-state index is 13.3. The van der Waals surface area contributed by atoms with Crippen molar-refractivity contribution in [2.45, 2.75) is 31.7 Å². The van der Waals surface area contributed by atoms with E-state index in [4.69, 9.17) is 25.8 Å². The summed E-state index contributed by atoms with van der Waals surface area (Å²) in [6.07, 6.45) is 1.11. The van der Waals surface area contributed by atoms with Crippen LogP contribution in [0.5, 0.6) is 11.5 Å². The Morgan fingerprint density at radius 2 is 1.44 bits per heavy atom. The molecule has 15 heteroatoms. The van der Waals surface area contributed by atoms with Gasteiger partial charge in [-0.05, 0) is 77.1 Å². The molecule has 3 N–H and O–H groups in total. The molecule has 14 nitrogen and oxygen atoms in total. The highest BCUT2D eigenvalue weighted by Crippen LogP contribution is 2.36. The Morgan fingerprint density at radius 1 is 0.746 bits per heavy atom. The summed E-state index contributed by atoms with van der Waals surface area (Å²) < 4.78 is 17.5. The number of allylic oxidation sites excluding steroid dienone is 1. The molecule has 1 unspecified atom stereocenters. The Labute approximate surface area is 371 Å². The number of phenolic OH excluding ortho intramolecular Hbond substituents is 1. The van der Waals surface area contributed by atoms with Crippen LogP contribution >= 0.6 is 11.6 Å². The average Bonchev–Trinajstić information content (AvgIpc) is 3.55. The van der Waals surface area contributed by atoms with Crippen molar-refractivity contribution in [3.63, 3.8) is 0 Å². The van der Waals surface area contributed by atoms with E-state index in [1.807, 2.05) is 47.4 Å². The lowest BCUT2D eigenvalue weighted by Crippen LogP contribution is -2.54. The van der Waals surface area contributed by atoms with Crippen molar-refractivity contribution in [3.05, 3.63) is 125 Å². The fourth-order valence-electron chi connectivity index (χ4n) is 8.08. The highest BCUT2D eigenvalue weighted by atomic mass is 35.5. The van der Waals surface area contributed by atoms with E-state index in [-0.39, 0.29) is 48.7 Å². The minimum Gasteiger partial charge on any atom is -0.508 e. The summed E-state index contributed by atoms with van der Waals surface area (Å²) in [5.41, 5.74) is 6.16. The van der Waals surface area contributed by atoms with Crippen molar-refractivity contribution in [1.29, 1.82) is 0 Å². The SMILES string of the molecule is O=C1CCC(N2C(=O)c3cccc(NCCOCCOCCC(=O)N4CCN(CCOc5ccc(C(=C(CCCl)c6ccccc6)c6ccc(O)cc6)cc5)CC4)c3C2=O)C(=O)N1. The number of piperidine rings is 1. The van der Waals surface area contributed by atoms with Gasteiger partial charge >= 0.3 is 0 Å². The highest BCUT2D eigenvalue weighted by molar-refractivity contribution is 6.25. The Kier molecular flexibility index (Phi) is 15.6. The number of amides is 5. The van der Waals surface area contributed by atoms with Gasteiger partial charge in [-0.1, -0.05) is 60.7 Å². The summed E-state index contributed by atoms with van der Waals surface area (Å²) in [7, 11) is 0. The van der Waals surface area contributed by atoms with Crippen LogP contribution in [0, 0.1) is 0 Å². The second kappa shape index (κ2) is 21.8. The molecule has 0 bridgehead atoms. The summed E-state index contributed by atoms with van der Waals surface area (Å²) >= 11 is 6.30. The number of rotatable bonds is 20. The van der Waals surface area contributed by atoms with Crippen LogP contribution in [-0.4, -0.2) is 134 Å². The molecule has 4 aromatic rings. The number of carbonyl (C=O) groups is 5. The van der Waals surface area contributed by atoms with E-state index in [9.17, 15) is 29.1 Å². The van der Waals surface area contributed by atoms with E-state index in [0.29, 0.717) is 64.1 Å². The van der Waals surface area contributed by atoms with Crippen LogP contribution in [0.15, 0.2) is 97.1 Å². The van der Waals surface area contributed by atoms with Gasteiger partial charge in [0.25, 0.3) is 11.8 Å². The number of nitrogens with one attached hydrogen (secondary N) is 2. The van der Waals surface area contributed by atoms with E-state index in [1.54, 1.807) is 30.3 Å². The van der Waals surface area contributed by atoms with E-state index in [1.165, 1.54) is 0 Å². The predicted octanol–water partition coefficient (Wildman–Crippen LogP) is 5.44. The number of hydrogen-bond donors (Lipinski definition) is 3. The number of imide groups is 2. The van der Waals surface area contributed by atoms with Gasteiger partial charge in [-0.15, -0.1) is 11.6 Å². The number of phenols is 1. The molecule has 3 heterocycles. The molecule has 0 aliphatic carbocycles. The minimum atomic E-state index is -1.03.